The first-order valence-electron chi connectivity index (χ1n) is 6.26. The number of nitrogens with zero attached hydrogens (tertiary/aromatic N) is 2. The number of fused-ring (bicyclic) bond motifs is 1. The van der Waals surface area contributed by atoms with Crippen molar-refractivity contribution in [1.29, 1.82) is 0 Å². The van der Waals surface area contributed by atoms with E-state index in [4.69, 9.17) is 9.63 Å². The van der Waals surface area contributed by atoms with E-state index in [0.717, 1.165) is 0 Å². The number of rotatable bonds is 5. The van der Waals surface area contributed by atoms with Crippen molar-refractivity contribution >= 4 is 23.0 Å². The lowest BCUT2D eigenvalue weighted by Crippen LogP contribution is -2.36. The maximum atomic E-state index is 12.1. The molecule has 2 aromatic rings. The summed E-state index contributed by atoms with van der Waals surface area (Å²) in [5.74, 6) is -1.30. The van der Waals surface area contributed by atoms with E-state index in [1.807, 2.05) is 6.92 Å². The molecule has 7 heteroatoms. The number of nitrogens with one attached hydrogen (secondary N) is 1. The first-order valence-corrected chi connectivity index (χ1v) is 6.26. The first kappa shape index (κ1) is 14.0. The van der Waals surface area contributed by atoms with Gasteiger partial charge in [-0.3, -0.25) is 9.59 Å². The van der Waals surface area contributed by atoms with Crippen LogP contribution in [0.5, 0.6) is 0 Å². The highest BCUT2D eigenvalue weighted by atomic mass is 16.5. The fourth-order valence-electron chi connectivity index (χ4n) is 1.85. The normalized spacial score (nSPS) is 12.3. The van der Waals surface area contributed by atoms with Gasteiger partial charge in [0.2, 0.25) is 0 Å². The highest BCUT2D eigenvalue weighted by Gasteiger charge is 2.17. The van der Waals surface area contributed by atoms with E-state index in [9.17, 15) is 9.59 Å². The Morgan fingerprint density at radius 3 is 2.90 bits per heavy atom. The summed E-state index contributed by atoms with van der Waals surface area (Å²) < 4.78 is 4.97. The van der Waals surface area contributed by atoms with Gasteiger partial charge in [0, 0.05) is 12.2 Å². The van der Waals surface area contributed by atoms with Crippen LogP contribution in [-0.4, -0.2) is 33.2 Å². The Morgan fingerprint density at radius 2 is 2.25 bits per heavy atom. The predicted octanol–water partition coefficient (Wildman–Crippen LogP) is 1.51. The zero-order valence-electron chi connectivity index (χ0n) is 11.2. The fourth-order valence-corrected chi connectivity index (χ4v) is 1.85. The van der Waals surface area contributed by atoms with Crippen molar-refractivity contribution in [2.24, 2.45) is 0 Å². The van der Waals surface area contributed by atoms with Crippen LogP contribution in [0.1, 0.15) is 35.8 Å². The number of aromatic nitrogens is 2. The lowest BCUT2D eigenvalue weighted by atomic mass is 10.1. The van der Waals surface area contributed by atoms with E-state index in [-0.39, 0.29) is 12.3 Å². The number of hydrogen-bond donors (Lipinski definition) is 2. The Balaban J connectivity index is 2.17. The number of amides is 1. The fraction of sp³-hybridized carbons (Fsp3) is 0.385. The van der Waals surface area contributed by atoms with Gasteiger partial charge >= 0.3 is 5.97 Å². The summed E-state index contributed by atoms with van der Waals surface area (Å²) in [6, 6.07) is 1.23. The quantitative estimate of drug-likeness (QED) is 0.858. The van der Waals surface area contributed by atoms with Crippen LogP contribution in [-0.2, 0) is 4.79 Å². The molecule has 0 saturated heterocycles. The molecule has 0 aliphatic carbocycles. The molecule has 2 rings (SSSR count). The summed E-state index contributed by atoms with van der Waals surface area (Å²) in [5.41, 5.74) is 1.38. The van der Waals surface area contributed by atoms with Gasteiger partial charge in [-0.2, -0.15) is 0 Å². The lowest BCUT2D eigenvalue weighted by molar-refractivity contribution is -0.137. The third kappa shape index (κ3) is 2.93. The molecule has 0 radical (unpaired) electrons. The van der Waals surface area contributed by atoms with Crippen LogP contribution in [0, 0.1) is 6.92 Å². The molecule has 0 bridgehead atoms. The molecule has 1 unspecified atom stereocenters. The van der Waals surface area contributed by atoms with E-state index in [1.54, 1.807) is 13.0 Å². The summed E-state index contributed by atoms with van der Waals surface area (Å²) in [6.45, 7) is 3.58. The number of aliphatic carboxylic acids is 1. The van der Waals surface area contributed by atoms with Gasteiger partial charge in [0.1, 0.15) is 0 Å². The molecule has 20 heavy (non-hydrogen) atoms. The molecule has 2 heterocycles. The summed E-state index contributed by atoms with van der Waals surface area (Å²) in [6.07, 6.45) is 1.82. The third-order valence-electron chi connectivity index (χ3n) is 3.02. The SMILES string of the molecule is CCC(CC(=O)O)NC(=O)c1cnc2onc(C)c2c1. The van der Waals surface area contributed by atoms with Crippen LogP contribution >= 0.6 is 0 Å². The second kappa shape index (κ2) is 5.68. The molecule has 2 N–H and O–H groups in total. The van der Waals surface area contributed by atoms with E-state index >= 15 is 0 Å². The van der Waals surface area contributed by atoms with E-state index in [0.29, 0.717) is 28.8 Å². The van der Waals surface area contributed by atoms with Gasteiger partial charge in [-0.05, 0) is 19.4 Å². The smallest absolute Gasteiger partial charge is 0.305 e. The average Bonchev–Trinajstić information content (AvgIpc) is 2.78. The third-order valence-corrected chi connectivity index (χ3v) is 3.02. The maximum Gasteiger partial charge on any atom is 0.305 e. The molecule has 0 aliphatic heterocycles. The molecule has 1 amide bonds. The summed E-state index contributed by atoms with van der Waals surface area (Å²) in [4.78, 5) is 26.8. The van der Waals surface area contributed by atoms with Gasteiger partial charge in [-0.15, -0.1) is 0 Å². The van der Waals surface area contributed by atoms with Crippen LogP contribution in [0.25, 0.3) is 11.1 Å². The van der Waals surface area contributed by atoms with Gasteiger partial charge in [-0.1, -0.05) is 12.1 Å². The van der Waals surface area contributed by atoms with Gasteiger partial charge in [0.05, 0.1) is 23.1 Å². The minimum atomic E-state index is -0.944. The van der Waals surface area contributed by atoms with Crippen molar-refractivity contribution in [1.82, 2.24) is 15.5 Å². The van der Waals surface area contributed by atoms with Crippen LogP contribution < -0.4 is 5.32 Å². The van der Waals surface area contributed by atoms with Gasteiger partial charge < -0.3 is 14.9 Å². The maximum absolute atomic E-state index is 12.1. The molecular formula is C13H15N3O4. The zero-order chi connectivity index (χ0) is 14.7. The lowest BCUT2D eigenvalue weighted by Gasteiger charge is -2.14. The van der Waals surface area contributed by atoms with Crippen molar-refractivity contribution in [3.63, 3.8) is 0 Å². The Bertz CT molecular complexity index is 650. The molecule has 0 aromatic carbocycles. The predicted molar refractivity (Wildman–Crippen MR) is 70.3 cm³/mol. The number of hydrogen-bond acceptors (Lipinski definition) is 5. The molecule has 106 valence electrons. The van der Waals surface area contributed by atoms with Gasteiger partial charge in [0.25, 0.3) is 11.6 Å². The Hall–Kier alpha value is -2.44. The standard InChI is InChI=1S/C13H15N3O4/c1-3-9(5-11(17)18)15-12(19)8-4-10-7(2)16-20-13(10)14-6-8/h4,6,9H,3,5H2,1-2H3,(H,15,19)(H,17,18). The molecule has 0 fully saturated rings. The van der Waals surface area contributed by atoms with Crippen molar-refractivity contribution in [3.8, 4) is 0 Å². The molecule has 1 atom stereocenters. The number of carboxylic acid groups (broad SMARTS) is 1. The molecular weight excluding hydrogens is 262 g/mol. The van der Waals surface area contributed by atoms with E-state index in [1.165, 1.54) is 6.20 Å². The monoisotopic (exact) mass is 277 g/mol. The Kier molecular flexibility index (Phi) is 3.97. The molecule has 7 nitrogen and oxygen atoms in total. The van der Waals surface area contributed by atoms with Crippen molar-refractivity contribution in [2.75, 3.05) is 0 Å². The minimum absolute atomic E-state index is 0.107. The van der Waals surface area contributed by atoms with Gasteiger partial charge in [0.15, 0.2) is 0 Å². The summed E-state index contributed by atoms with van der Waals surface area (Å²) >= 11 is 0. The second-order valence-corrected chi connectivity index (χ2v) is 4.52. The van der Waals surface area contributed by atoms with Crippen LogP contribution in [0.15, 0.2) is 16.8 Å². The second-order valence-electron chi connectivity index (χ2n) is 4.52. The van der Waals surface area contributed by atoms with Crippen molar-refractivity contribution < 1.29 is 19.2 Å². The average molecular weight is 277 g/mol. The van der Waals surface area contributed by atoms with Crippen molar-refractivity contribution in [3.05, 3.63) is 23.5 Å². The summed E-state index contributed by atoms with van der Waals surface area (Å²) in [5, 5.41) is 15.9. The first-order chi connectivity index (χ1) is 9.51. The zero-order valence-corrected chi connectivity index (χ0v) is 11.2. The molecule has 0 spiro atoms. The van der Waals surface area contributed by atoms with Crippen LogP contribution in [0.4, 0.5) is 0 Å². The molecule has 2 aromatic heterocycles. The number of carbonyl (C=O) groups is 2. The number of carbonyl (C=O) groups excluding carboxylic acids is 1. The largest absolute Gasteiger partial charge is 0.481 e. The topological polar surface area (TPSA) is 105 Å². The van der Waals surface area contributed by atoms with E-state index in [2.05, 4.69) is 15.5 Å². The Morgan fingerprint density at radius 1 is 1.50 bits per heavy atom. The Labute approximate surface area is 115 Å². The minimum Gasteiger partial charge on any atom is -0.481 e. The van der Waals surface area contributed by atoms with Crippen LogP contribution in [0.2, 0.25) is 0 Å². The molecule has 0 saturated carbocycles. The summed E-state index contributed by atoms with van der Waals surface area (Å²) in [7, 11) is 0. The highest BCUT2D eigenvalue weighted by molar-refractivity contribution is 5.97. The number of carboxylic acids is 1. The molecule has 0 aliphatic rings. The number of aryl methyl sites for hydroxylation is 1. The van der Waals surface area contributed by atoms with Gasteiger partial charge in [-0.25, -0.2) is 4.98 Å². The van der Waals surface area contributed by atoms with Crippen molar-refractivity contribution in [2.45, 2.75) is 32.7 Å². The number of pyridine rings is 1. The van der Waals surface area contributed by atoms with E-state index < -0.39 is 12.0 Å². The van der Waals surface area contributed by atoms with Crippen LogP contribution in [0.3, 0.4) is 0 Å². The highest BCUT2D eigenvalue weighted by Crippen LogP contribution is 2.16.